The maximum atomic E-state index is 12.8. The molecule has 0 bridgehead atoms. The van der Waals surface area contributed by atoms with Gasteiger partial charge in [0.2, 0.25) is 0 Å². The molecule has 0 aliphatic carbocycles. The zero-order valence-corrected chi connectivity index (χ0v) is 15.1. The van der Waals surface area contributed by atoms with E-state index in [2.05, 4.69) is 25.4 Å². The first-order valence-corrected chi connectivity index (χ1v) is 8.93. The molecule has 0 atom stereocenters. The Labute approximate surface area is 157 Å². The number of anilines is 2. The SMILES string of the molecule is Cc1nc(-c2ccc(NC(=O)c3ccccc3N3CCOCC3)cc2)n[nH]1. The van der Waals surface area contributed by atoms with Gasteiger partial charge in [0, 0.05) is 30.0 Å². The lowest BCUT2D eigenvalue weighted by Crippen LogP contribution is -2.37. The van der Waals surface area contributed by atoms with Crippen molar-refractivity contribution in [1.82, 2.24) is 15.2 Å². The van der Waals surface area contributed by atoms with Crippen LogP contribution in [0.3, 0.4) is 0 Å². The molecule has 1 amide bonds. The van der Waals surface area contributed by atoms with Gasteiger partial charge in [0.15, 0.2) is 5.82 Å². The standard InChI is InChI=1S/C20H21N5O2/c1-14-21-19(24-23-14)15-6-8-16(9-7-15)22-20(26)17-4-2-3-5-18(17)25-10-12-27-13-11-25/h2-9H,10-13H2,1H3,(H,22,26)(H,21,23,24). The Morgan fingerprint density at radius 1 is 1.11 bits per heavy atom. The Morgan fingerprint density at radius 3 is 2.56 bits per heavy atom. The van der Waals surface area contributed by atoms with Gasteiger partial charge in [0.1, 0.15) is 5.82 Å². The topological polar surface area (TPSA) is 83.1 Å². The number of ether oxygens (including phenoxy) is 1. The summed E-state index contributed by atoms with van der Waals surface area (Å²) in [6, 6.07) is 15.2. The molecule has 0 spiro atoms. The summed E-state index contributed by atoms with van der Waals surface area (Å²) in [4.78, 5) is 19.3. The molecule has 138 valence electrons. The number of para-hydroxylation sites is 1. The van der Waals surface area contributed by atoms with Crippen LogP contribution in [0.15, 0.2) is 48.5 Å². The van der Waals surface area contributed by atoms with Gasteiger partial charge in [0.25, 0.3) is 5.91 Å². The molecule has 2 N–H and O–H groups in total. The van der Waals surface area contributed by atoms with Crippen molar-refractivity contribution in [1.29, 1.82) is 0 Å². The maximum absolute atomic E-state index is 12.8. The molecule has 4 rings (SSSR count). The van der Waals surface area contributed by atoms with Crippen molar-refractivity contribution in [2.75, 3.05) is 36.5 Å². The predicted octanol–water partition coefficient (Wildman–Crippen LogP) is 2.87. The molecule has 7 heteroatoms. The highest BCUT2D eigenvalue weighted by Gasteiger charge is 2.18. The van der Waals surface area contributed by atoms with Gasteiger partial charge < -0.3 is 15.0 Å². The number of amides is 1. The lowest BCUT2D eigenvalue weighted by Gasteiger charge is -2.30. The van der Waals surface area contributed by atoms with Gasteiger partial charge in [0.05, 0.1) is 18.8 Å². The zero-order valence-electron chi connectivity index (χ0n) is 15.1. The number of aromatic nitrogens is 3. The summed E-state index contributed by atoms with van der Waals surface area (Å²) < 4.78 is 5.41. The minimum absolute atomic E-state index is 0.126. The van der Waals surface area contributed by atoms with Crippen LogP contribution >= 0.6 is 0 Å². The second-order valence-corrected chi connectivity index (χ2v) is 6.39. The molecule has 1 fully saturated rings. The summed E-state index contributed by atoms with van der Waals surface area (Å²) in [6.45, 7) is 4.79. The predicted molar refractivity (Wildman–Crippen MR) is 104 cm³/mol. The van der Waals surface area contributed by atoms with E-state index < -0.39 is 0 Å². The van der Waals surface area contributed by atoms with Crippen LogP contribution in [0.25, 0.3) is 11.4 Å². The third-order valence-corrected chi connectivity index (χ3v) is 4.50. The number of morpholine rings is 1. The van der Waals surface area contributed by atoms with Crippen LogP contribution in [0.5, 0.6) is 0 Å². The average Bonchev–Trinajstić information content (AvgIpc) is 3.15. The number of nitrogens with zero attached hydrogens (tertiary/aromatic N) is 3. The van der Waals surface area contributed by atoms with Crippen molar-refractivity contribution in [2.24, 2.45) is 0 Å². The Morgan fingerprint density at radius 2 is 1.85 bits per heavy atom. The average molecular weight is 363 g/mol. The lowest BCUT2D eigenvalue weighted by molar-refractivity contribution is 0.102. The molecule has 1 aliphatic rings. The van der Waals surface area contributed by atoms with Crippen molar-refractivity contribution in [3.8, 4) is 11.4 Å². The monoisotopic (exact) mass is 363 g/mol. The summed E-state index contributed by atoms with van der Waals surface area (Å²) in [6.07, 6.45) is 0. The number of benzene rings is 2. The molecule has 27 heavy (non-hydrogen) atoms. The van der Waals surface area contributed by atoms with E-state index >= 15 is 0 Å². The summed E-state index contributed by atoms with van der Waals surface area (Å²) in [5, 5.41) is 9.95. The highest BCUT2D eigenvalue weighted by Crippen LogP contribution is 2.23. The molecule has 7 nitrogen and oxygen atoms in total. The minimum Gasteiger partial charge on any atom is -0.378 e. The second kappa shape index (κ2) is 7.59. The van der Waals surface area contributed by atoms with E-state index in [4.69, 9.17) is 4.74 Å². The molecule has 3 aromatic rings. The molecule has 1 saturated heterocycles. The smallest absolute Gasteiger partial charge is 0.257 e. The van der Waals surface area contributed by atoms with Crippen LogP contribution in [0.2, 0.25) is 0 Å². The number of aromatic amines is 1. The second-order valence-electron chi connectivity index (χ2n) is 6.39. The number of rotatable bonds is 4. The summed E-state index contributed by atoms with van der Waals surface area (Å²) >= 11 is 0. The molecule has 0 saturated carbocycles. The van der Waals surface area contributed by atoms with Gasteiger partial charge in [-0.05, 0) is 43.3 Å². The van der Waals surface area contributed by atoms with E-state index in [1.54, 1.807) is 0 Å². The highest BCUT2D eigenvalue weighted by atomic mass is 16.5. The molecule has 2 heterocycles. The minimum atomic E-state index is -0.126. The fourth-order valence-electron chi connectivity index (χ4n) is 3.12. The number of carbonyl (C=O) groups is 1. The molecule has 2 aromatic carbocycles. The third-order valence-electron chi connectivity index (χ3n) is 4.50. The fraction of sp³-hybridized carbons (Fsp3) is 0.250. The molecule has 0 radical (unpaired) electrons. The summed E-state index contributed by atoms with van der Waals surface area (Å²) in [5.74, 6) is 1.28. The largest absolute Gasteiger partial charge is 0.378 e. The normalized spacial score (nSPS) is 14.2. The quantitative estimate of drug-likeness (QED) is 0.745. The van der Waals surface area contributed by atoms with Crippen molar-refractivity contribution >= 4 is 17.3 Å². The Kier molecular flexibility index (Phi) is 4.84. The van der Waals surface area contributed by atoms with Crippen molar-refractivity contribution in [3.63, 3.8) is 0 Å². The Bertz CT molecular complexity index is 930. The number of nitrogens with one attached hydrogen (secondary N) is 2. The number of hydrogen-bond donors (Lipinski definition) is 2. The summed E-state index contributed by atoms with van der Waals surface area (Å²) in [7, 11) is 0. The van der Waals surface area contributed by atoms with Crippen LogP contribution in [-0.4, -0.2) is 47.4 Å². The Balaban J connectivity index is 1.51. The van der Waals surface area contributed by atoms with Crippen LogP contribution in [-0.2, 0) is 4.74 Å². The van der Waals surface area contributed by atoms with E-state index in [9.17, 15) is 4.79 Å². The van der Waals surface area contributed by atoms with Crippen LogP contribution in [0.1, 0.15) is 16.2 Å². The van der Waals surface area contributed by atoms with Gasteiger partial charge in [-0.2, -0.15) is 5.10 Å². The first-order valence-electron chi connectivity index (χ1n) is 8.93. The maximum Gasteiger partial charge on any atom is 0.257 e. The molecular formula is C20H21N5O2. The van der Waals surface area contributed by atoms with E-state index in [-0.39, 0.29) is 5.91 Å². The number of hydrogen-bond acceptors (Lipinski definition) is 5. The lowest BCUT2D eigenvalue weighted by atomic mass is 10.1. The van der Waals surface area contributed by atoms with Gasteiger partial charge in [-0.1, -0.05) is 12.1 Å². The molecule has 0 unspecified atom stereocenters. The number of H-pyrrole nitrogens is 1. The molecular weight excluding hydrogens is 342 g/mol. The van der Waals surface area contributed by atoms with Gasteiger partial charge in [-0.25, -0.2) is 4.98 Å². The van der Waals surface area contributed by atoms with E-state index in [1.807, 2.05) is 55.5 Å². The van der Waals surface area contributed by atoms with Crippen LogP contribution < -0.4 is 10.2 Å². The highest BCUT2D eigenvalue weighted by molar-refractivity contribution is 6.08. The van der Waals surface area contributed by atoms with Gasteiger partial charge in [-0.3, -0.25) is 9.89 Å². The first-order chi connectivity index (χ1) is 13.2. The van der Waals surface area contributed by atoms with Gasteiger partial charge in [-0.15, -0.1) is 0 Å². The van der Waals surface area contributed by atoms with Crippen molar-refractivity contribution < 1.29 is 9.53 Å². The third kappa shape index (κ3) is 3.83. The van der Waals surface area contributed by atoms with Crippen LogP contribution in [0.4, 0.5) is 11.4 Å². The van der Waals surface area contributed by atoms with Crippen molar-refractivity contribution in [2.45, 2.75) is 6.92 Å². The number of carbonyl (C=O) groups excluding carboxylic acids is 1. The van der Waals surface area contributed by atoms with E-state index in [1.165, 1.54) is 0 Å². The molecule has 1 aliphatic heterocycles. The van der Waals surface area contributed by atoms with Gasteiger partial charge >= 0.3 is 0 Å². The van der Waals surface area contributed by atoms with Crippen LogP contribution in [0, 0.1) is 6.92 Å². The van der Waals surface area contributed by atoms with E-state index in [0.717, 1.165) is 35.9 Å². The van der Waals surface area contributed by atoms with Crippen molar-refractivity contribution in [3.05, 3.63) is 59.9 Å². The number of aryl methyl sites for hydroxylation is 1. The fourth-order valence-corrected chi connectivity index (χ4v) is 3.12. The first kappa shape index (κ1) is 17.2. The Hall–Kier alpha value is -3.19. The molecule has 1 aromatic heterocycles. The zero-order chi connectivity index (χ0) is 18.6. The summed E-state index contributed by atoms with van der Waals surface area (Å²) in [5.41, 5.74) is 3.22. The van der Waals surface area contributed by atoms with E-state index in [0.29, 0.717) is 24.6 Å².